The molecule has 1 N–H and O–H groups in total. The third-order valence-electron chi connectivity index (χ3n) is 1.95. The highest BCUT2D eigenvalue weighted by atomic mass is 16.4. The molecule has 0 fully saturated rings. The number of rotatable bonds is 6. The molecule has 0 saturated carbocycles. The van der Waals surface area contributed by atoms with E-state index in [1.54, 1.807) is 0 Å². The van der Waals surface area contributed by atoms with Crippen LogP contribution in [0.2, 0.25) is 0 Å². The molecule has 1 aromatic rings. The van der Waals surface area contributed by atoms with E-state index in [9.17, 15) is 0 Å². The molecule has 0 aliphatic heterocycles. The Labute approximate surface area is 90.9 Å². The molecule has 0 bridgehead atoms. The van der Waals surface area contributed by atoms with Crippen molar-refractivity contribution in [3.8, 4) is 0 Å². The van der Waals surface area contributed by atoms with Crippen LogP contribution >= 0.6 is 0 Å². The van der Waals surface area contributed by atoms with E-state index in [1.165, 1.54) is 0 Å². The molecule has 15 heavy (non-hydrogen) atoms. The fraction of sp³-hybridized carbons (Fsp3) is 0.800. The molecule has 0 radical (unpaired) electrons. The monoisotopic (exact) mass is 212 g/mol. The van der Waals surface area contributed by atoms with Crippen LogP contribution in [0.15, 0.2) is 4.42 Å². The van der Waals surface area contributed by atoms with Gasteiger partial charge in [0.15, 0.2) is 0 Å². The van der Waals surface area contributed by atoms with Gasteiger partial charge in [0.05, 0.1) is 6.54 Å². The number of nitrogens with zero attached hydrogens (tertiary/aromatic N) is 3. The Bertz CT molecular complexity index is 285. The van der Waals surface area contributed by atoms with Crippen molar-refractivity contribution in [2.75, 3.05) is 25.0 Å². The largest absolute Gasteiger partial charge is 0.407 e. The fourth-order valence-electron chi connectivity index (χ4n) is 1.33. The molecule has 0 amide bonds. The van der Waals surface area contributed by atoms with Crippen molar-refractivity contribution in [3.63, 3.8) is 0 Å². The van der Waals surface area contributed by atoms with Gasteiger partial charge in [0.1, 0.15) is 0 Å². The predicted octanol–water partition coefficient (Wildman–Crippen LogP) is 1.27. The van der Waals surface area contributed by atoms with Crippen LogP contribution in [0.25, 0.3) is 0 Å². The maximum absolute atomic E-state index is 5.49. The topological polar surface area (TPSA) is 54.2 Å². The number of anilines is 1. The smallest absolute Gasteiger partial charge is 0.317 e. The average molecular weight is 212 g/mol. The normalized spacial score (nSPS) is 11.0. The SMILES string of the molecule is CCNCc1nnc(N(C)CC(C)C)o1. The molecule has 0 aliphatic rings. The number of nitrogens with one attached hydrogen (secondary N) is 1. The second-order valence-electron chi connectivity index (χ2n) is 4.03. The van der Waals surface area contributed by atoms with E-state index in [-0.39, 0.29) is 0 Å². The zero-order valence-electron chi connectivity index (χ0n) is 9.95. The molecule has 0 aromatic carbocycles. The Morgan fingerprint density at radius 2 is 2.13 bits per heavy atom. The summed E-state index contributed by atoms with van der Waals surface area (Å²) in [4.78, 5) is 1.98. The Kier molecular flexibility index (Phi) is 4.55. The highest BCUT2D eigenvalue weighted by Gasteiger charge is 2.11. The van der Waals surface area contributed by atoms with Crippen molar-refractivity contribution in [2.45, 2.75) is 27.3 Å². The van der Waals surface area contributed by atoms with E-state index < -0.39 is 0 Å². The van der Waals surface area contributed by atoms with Crippen LogP contribution in [0.5, 0.6) is 0 Å². The molecule has 86 valence electrons. The summed E-state index contributed by atoms with van der Waals surface area (Å²) in [5.74, 6) is 1.22. The third-order valence-corrected chi connectivity index (χ3v) is 1.95. The summed E-state index contributed by atoms with van der Waals surface area (Å²) in [7, 11) is 1.96. The average Bonchev–Trinajstić information content (AvgIpc) is 2.62. The Morgan fingerprint density at radius 3 is 2.73 bits per heavy atom. The van der Waals surface area contributed by atoms with Gasteiger partial charge in [0.25, 0.3) is 0 Å². The summed E-state index contributed by atoms with van der Waals surface area (Å²) in [5.41, 5.74) is 0. The fourth-order valence-corrected chi connectivity index (χ4v) is 1.33. The first kappa shape index (κ1) is 12.0. The molecule has 0 atom stereocenters. The van der Waals surface area contributed by atoms with Crippen molar-refractivity contribution in [1.82, 2.24) is 15.5 Å². The minimum absolute atomic E-state index is 0.583. The minimum atomic E-state index is 0.583. The van der Waals surface area contributed by atoms with E-state index in [0.29, 0.717) is 24.4 Å². The number of hydrogen-bond donors (Lipinski definition) is 1. The van der Waals surface area contributed by atoms with Crippen molar-refractivity contribution >= 4 is 6.01 Å². The second-order valence-corrected chi connectivity index (χ2v) is 4.03. The molecular formula is C10H20N4O. The lowest BCUT2D eigenvalue weighted by Crippen LogP contribution is -2.22. The van der Waals surface area contributed by atoms with Gasteiger partial charge in [-0.25, -0.2) is 0 Å². The summed E-state index contributed by atoms with van der Waals surface area (Å²) in [6, 6.07) is 0.594. The first-order valence-electron chi connectivity index (χ1n) is 5.37. The molecular weight excluding hydrogens is 192 g/mol. The van der Waals surface area contributed by atoms with Gasteiger partial charge >= 0.3 is 6.01 Å². The van der Waals surface area contributed by atoms with Crippen LogP contribution in [0.4, 0.5) is 6.01 Å². The minimum Gasteiger partial charge on any atom is -0.407 e. The molecule has 1 heterocycles. The van der Waals surface area contributed by atoms with Crippen LogP contribution < -0.4 is 10.2 Å². The van der Waals surface area contributed by atoms with Crippen LogP contribution in [-0.2, 0) is 6.54 Å². The molecule has 5 heteroatoms. The van der Waals surface area contributed by atoms with Crippen molar-refractivity contribution in [1.29, 1.82) is 0 Å². The molecule has 0 aliphatic carbocycles. The van der Waals surface area contributed by atoms with Gasteiger partial charge in [-0.15, -0.1) is 5.10 Å². The van der Waals surface area contributed by atoms with Crippen LogP contribution in [0, 0.1) is 5.92 Å². The maximum atomic E-state index is 5.49. The van der Waals surface area contributed by atoms with Gasteiger partial charge in [0, 0.05) is 13.6 Å². The lowest BCUT2D eigenvalue weighted by atomic mass is 10.2. The predicted molar refractivity (Wildman–Crippen MR) is 59.8 cm³/mol. The van der Waals surface area contributed by atoms with Gasteiger partial charge in [-0.05, 0) is 12.5 Å². The van der Waals surface area contributed by atoms with Crippen LogP contribution in [0.3, 0.4) is 0 Å². The first-order valence-corrected chi connectivity index (χ1v) is 5.37. The zero-order chi connectivity index (χ0) is 11.3. The van der Waals surface area contributed by atoms with Gasteiger partial charge in [-0.1, -0.05) is 25.9 Å². The number of hydrogen-bond acceptors (Lipinski definition) is 5. The zero-order valence-corrected chi connectivity index (χ0v) is 9.95. The second kappa shape index (κ2) is 5.70. The van der Waals surface area contributed by atoms with Crippen molar-refractivity contribution in [2.24, 2.45) is 5.92 Å². The molecule has 0 unspecified atom stereocenters. The number of aromatic nitrogens is 2. The molecule has 5 nitrogen and oxygen atoms in total. The maximum Gasteiger partial charge on any atom is 0.317 e. The first-order chi connectivity index (χ1) is 7.13. The quantitative estimate of drug-likeness (QED) is 0.769. The van der Waals surface area contributed by atoms with E-state index in [1.807, 2.05) is 18.9 Å². The van der Waals surface area contributed by atoms with Gasteiger partial charge < -0.3 is 14.6 Å². The molecule has 1 aromatic heterocycles. The van der Waals surface area contributed by atoms with E-state index in [0.717, 1.165) is 13.1 Å². The van der Waals surface area contributed by atoms with Crippen LogP contribution in [0.1, 0.15) is 26.7 Å². The van der Waals surface area contributed by atoms with E-state index >= 15 is 0 Å². The summed E-state index contributed by atoms with van der Waals surface area (Å²) in [6.45, 7) is 8.82. The van der Waals surface area contributed by atoms with Gasteiger partial charge in [0.2, 0.25) is 5.89 Å². The van der Waals surface area contributed by atoms with Gasteiger partial charge in [-0.2, -0.15) is 0 Å². The Morgan fingerprint density at radius 1 is 1.40 bits per heavy atom. The Hall–Kier alpha value is -1.10. The molecule has 1 rings (SSSR count). The summed E-state index contributed by atoms with van der Waals surface area (Å²) >= 11 is 0. The van der Waals surface area contributed by atoms with E-state index in [2.05, 4.69) is 29.4 Å². The summed E-state index contributed by atoms with van der Waals surface area (Å²) in [6.07, 6.45) is 0. The van der Waals surface area contributed by atoms with Crippen LogP contribution in [-0.4, -0.2) is 30.3 Å². The summed E-state index contributed by atoms with van der Waals surface area (Å²) in [5, 5.41) is 11.1. The summed E-state index contributed by atoms with van der Waals surface area (Å²) < 4.78 is 5.49. The van der Waals surface area contributed by atoms with E-state index in [4.69, 9.17) is 4.42 Å². The third kappa shape index (κ3) is 3.87. The van der Waals surface area contributed by atoms with Crippen molar-refractivity contribution in [3.05, 3.63) is 5.89 Å². The highest BCUT2D eigenvalue weighted by Crippen LogP contribution is 2.11. The lowest BCUT2D eigenvalue weighted by Gasteiger charge is -2.15. The molecule has 0 saturated heterocycles. The van der Waals surface area contributed by atoms with Gasteiger partial charge in [-0.3, -0.25) is 0 Å². The highest BCUT2D eigenvalue weighted by molar-refractivity contribution is 5.21. The Balaban J connectivity index is 2.51. The molecule has 0 spiro atoms. The lowest BCUT2D eigenvalue weighted by molar-refractivity contribution is 0.462. The van der Waals surface area contributed by atoms with Crippen molar-refractivity contribution < 1.29 is 4.42 Å². The standard InChI is InChI=1S/C10H20N4O/c1-5-11-6-9-12-13-10(15-9)14(4)7-8(2)3/h8,11H,5-7H2,1-4H3.